The van der Waals surface area contributed by atoms with Crippen LogP contribution in [0.25, 0.3) is 0 Å². The Morgan fingerprint density at radius 3 is 2.65 bits per heavy atom. The number of aliphatic hydroxyl groups excluding tert-OH is 1. The number of amides is 1. The van der Waals surface area contributed by atoms with Gasteiger partial charge in [0.05, 0.1) is 6.10 Å². The highest BCUT2D eigenvalue weighted by Gasteiger charge is 2.25. The molecule has 17 heavy (non-hydrogen) atoms. The fraction of sp³-hybridized carbons (Fsp3) is 0.500. The molecule has 0 heterocycles. The van der Waals surface area contributed by atoms with Gasteiger partial charge in [0.2, 0.25) is 5.91 Å². The molecule has 1 aromatic rings. The summed E-state index contributed by atoms with van der Waals surface area (Å²) >= 11 is 0. The number of hydrogen-bond acceptors (Lipinski definition) is 2. The maximum absolute atomic E-state index is 11.6. The van der Waals surface area contributed by atoms with E-state index in [4.69, 9.17) is 0 Å². The van der Waals surface area contributed by atoms with Crippen LogP contribution < -0.4 is 5.32 Å². The first-order valence-corrected chi connectivity index (χ1v) is 6.25. The van der Waals surface area contributed by atoms with Crippen LogP contribution in [0, 0.1) is 5.92 Å². The molecule has 0 aliphatic heterocycles. The van der Waals surface area contributed by atoms with Gasteiger partial charge in [0.1, 0.15) is 0 Å². The Kier molecular flexibility index (Phi) is 4.15. The molecule has 2 N–H and O–H groups in total. The van der Waals surface area contributed by atoms with Gasteiger partial charge in [0.25, 0.3) is 0 Å². The minimum Gasteiger partial charge on any atom is -0.391 e. The van der Waals surface area contributed by atoms with Crippen molar-refractivity contribution in [2.45, 2.75) is 31.8 Å². The Morgan fingerprint density at radius 1 is 1.35 bits per heavy atom. The molecule has 1 aliphatic carbocycles. The highest BCUT2D eigenvalue weighted by Crippen LogP contribution is 2.26. The number of benzene rings is 1. The molecule has 1 amide bonds. The van der Waals surface area contributed by atoms with E-state index in [1.165, 1.54) is 0 Å². The van der Waals surface area contributed by atoms with Gasteiger partial charge in [-0.15, -0.1) is 0 Å². The van der Waals surface area contributed by atoms with E-state index in [0.717, 1.165) is 24.8 Å². The number of nitrogens with one attached hydrogen (secondary N) is 1. The van der Waals surface area contributed by atoms with Crippen LogP contribution in [0.4, 0.5) is 0 Å². The van der Waals surface area contributed by atoms with E-state index >= 15 is 0 Å². The third kappa shape index (κ3) is 3.56. The molecule has 0 radical (unpaired) electrons. The minimum absolute atomic E-state index is 0.100. The fourth-order valence-electron chi connectivity index (χ4n) is 1.99. The van der Waals surface area contributed by atoms with Crippen LogP contribution in [0.15, 0.2) is 30.3 Å². The van der Waals surface area contributed by atoms with Crippen LogP contribution in [0.5, 0.6) is 0 Å². The van der Waals surface area contributed by atoms with Crippen molar-refractivity contribution >= 4 is 5.91 Å². The van der Waals surface area contributed by atoms with E-state index in [1.54, 1.807) is 0 Å². The van der Waals surface area contributed by atoms with Gasteiger partial charge in [-0.25, -0.2) is 0 Å². The van der Waals surface area contributed by atoms with Gasteiger partial charge in [0.15, 0.2) is 0 Å². The van der Waals surface area contributed by atoms with Gasteiger partial charge in [-0.3, -0.25) is 4.79 Å². The topological polar surface area (TPSA) is 49.3 Å². The standard InChI is InChI=1S/C14H19NO2/c16-13(9-11-5-2-1-3-6-11)10-15-14(17)12-7-4-8-12/h1-3,5-6,12-13,16H,4,7-10H2,(H,15,17). The summed E-state index contributed by atoms with van der Waals surface area (Å²) in [5.74, 6) is 0.294. The molecule has 1 aliphatic rings. The molecule has 92 valence electrons. The number of carbonyl (C=O) groups is 1. The van der Waals surface area contributed by atoms with Gasteiger partial charge < -0.3 is 10.4 Å². The second-order valence-electron chi connectivity index (χ2n) is 4.72. The van der Waals surface area contributed by atoms with Crippen molar-refractivity contribution in [1.82, 2.24) is 5.32 Å². The van der Waals surface area contributed by atoms with Gasteiger partial charge in [-0.2, -0.15) is 0 Å². The van der Waals surface area contributed by atoms with Crippen LogP contribution >= 0.6 is 0 Å². The van der Waals surface area contributed by atoms with Crippen LogP contribution in [0.1, 0.15) is 24.8 Å². The highest BCUT2D eigenvalue weighted by atomic mass is 16.3. The van der Waals surface area contributed by atoms with Gasteiger partial charge in [-0.05, 0) is 18.4 Å². The summed E-state index contributed by atoms with van der Waals surface area (Å²) in [5, 5.41) is 12.6. The summed E-state index contributed by atoms with van der Waals surface area (Å²) < 4.78 is 0. The summed E-state index contributed by atoms with van der Waals surface area (Å²) in [6, 6.07) is 9.83. The van der Waals surface area contributed by atoms with E-state index in [1.807, 2.05) is 30.3 Å². The Bertz CT molecular complexity index is 360. The molecular weight excluding hydrogens is 214 g/mol. The molecule has 1 atom stereocenters. The Hall–Kier alpha value is -1.35. The molecule has 1 fully saturated rings. The van der Waals surface area contributed by atoms with Gasteiger partial charge in [0, 0.05) is 18.9 Å². The summed E-state index contributed by atoms with van der Waals surface area (Å²) in [4.78, 5) is 11.6. The van der Waals surface area contributed by atoms with E-state index in [9.17, 15) is 9.90 Å². The molecule has 0 spiro atoms. The lowest BCUT2D eigenvalue weighted by atomic mass is 9.85. The van der Waals surface area contributed by atoms with Gasteiger partial charge in [-0.1, -0.05) is 36.8 Å². The van der Waals surface area contributed by atoms with Crippen molar-refractivity contribution < 1.29 is 9.90 Å². The van der Waals surface area contributed by atoms with Crippen molar-refractivity contribution in [2.24, 2.45) is 5.92 Å². The average Bonchev–Trinajstić information content (AvgIpc) is 2.25. The van der Waals surface area contributed by atoms with E-state index < -0.39 is 6.10 Å². The van der Waals surface area contributed by atoms with Crippen LogP contribution in [-0.2, 0) is 11.2 Å². The number of carbonyl (C=O) groups excluding carboxylic acids is 1. The largest absolute Gasteiger partial charge is 0.391 e. The zero-order valence-electron chi connectivity index (χ0n) is 9.93. The van der Waals surface area contributed by atoms with E-state index in [0.29, 0.717) is 13.0 Å². The first-order valence-electron chi connectivity index (χ1n) is 6.25. The highest BCUT2D eigenvalue weighted by molar-refractivity contribution is 5.79. The smallest absolute Gasteiger partial charge is 0.223 e. The SMILES string of the molecule is O=C(NCC(O)Cc1ccccc1)C1CCC1. The molecule has 1 unspecified atom stereocenters. The lowest BCUT2D eigenvalue weighted by Gasteiger charge is -2.24. The molecule has 1 aromatic carbocycles. The summed E-state index contributed by atoms with van der Waals surface area (Å²) in [6.45, 7) is 0.351. The molecule has 0 aromatic heterocycles. The van der Waals surface area contributed by atoms with Crippen molar-refractivity contribution in [3.05, 3.63) is 35.9 Å². The predicted molar refractivity (Wildman–Crippen MR) is 66.5 cm³/mol. The van der Waals surface area contributed by atoms with Crippen molar-refractivity contribution in [1.29, 1.82) is 0 Å². The summed E-state index contributed by atoms with van der Waals surface area (Å²) in [6.07, 6.45) is 3.25. The lowest BCUT2D eigenvalue weighted by Crippen LogP contribution is -2.39. The molecule has 1 saturated carbocycles. The van der Waals surface area contributed by atoms with E-state index in [2.05, 4.69) is 5.32 Å². The Morgan fingerprint density at radius 2 is 2.06 bits per heavy atom. The minimum atomic E-state index is -0.499. The van der Waals surface area contributed by atoms with Gasteiger partial charge >= 0.3 is 0 Å². The molecule has 0 bridgehead atoms. The molecular formula is C14H19NO2. The Balaban J connectivity index is 1.70. The van der Waals surface area contributed by atoms with Crippen molar-refractivity contribution in [3.8, 4) is 0 Å². The lowest BCUT2D eigenvalue weighted by molar-refractivity contribution is -0.127. The number of rotatable bonds is 5. The monoisotopic (exact) mass is 233 g/mol. The van der Waals surface area contributed by atoms with Crippen molar-refractivity contribution in [2.75, 3.05) is 6.54 Å². The van der Waals surface area contributed by atoms with E-state index in [-0.39, 0.29) is 11.8 Å². The first-order chi connectivity index (χ1) is 8.25. The zero-order valence-corrected chi connectivity index (χ0v) is 9.93. The number of aliphatic hydroxyl groups is 1. The average molecular weight is 233 g/mol. The second-order valence-corrected chi connectivity index (χ2v) is 4.72. The normalized spacial score (nSPS) is 17.2. The quantitative estimate of drug-likeness (QED) is 0.810. The third-order valence-corrected chi connectivity index (χ3v) is 3.30. The molecule has 3 heteroatoms. The summed E-state index contributed by atoms with van der Waals surface area (Å²) in [5.41, 5.74) is 1.10. The van der Waals surface area contributed by atoms with Crippen LogP contribution in [-0.4, -0.2) is 23.7 Å². The third-order valence-electron chi connectivity index (χ3n) is 3.30. The maximum atomic E-state index is 11.6. The molecule has 0 saturated heterocycles. The van der Waals surface area contributed by atoms with Crippen LogP contribution in [0.2, 0.25) is 0 Å². The first kappa shape index (κ1) is 12.1. The maximum Gasteiger partial charge on any atom is 0.223 e. The van der Waals surface area contributed by atoms with Crippen molar-refractivity contribution in [3.63, 3.8) is 0 Å². The molecule has 2 rings (SSSR count). The Labute approximate surface area is 102 Å². The summed E-state index contributed by atoms with van der Waals surface area (Å²) in [7, 11) is 0. The van der Waals surface area contributed by atoms with Crippen LogP contribution in [0.3, 0.4) is 0 Å². The second kappa shape index (κ2) is 5.82. The number of hydrogen-bond donors (Lipinski definition) is 2. The fourth-order valence-corrected chi connectivity index (χ4v) is 1.99. The molecule has 3 nitrogen and oxygen atoms in total. The predicted octanol–water partition coefficient (Wildman–Crippen LogP) is 1.51. The zero-order chi connectivity index (χ0) is 12.1.